The second-order valence-electron chi connectivity index (χ2n) is 4.61. The zero-order chi connectivity index (χ0) is 10.7. The highest BCUT2D eigenvalue weighted by molar-refractivity contribution is 7.99. The first-order valence-corrected chi connectivity index (χ1v) is 6.91. The maximum Gasteiger partial charge on any atom is 0.223 e. The molecule has 0 saturated carbocycles. The maximum atomic E-state index is 11.6. The molecule has 0 radical (unpaired) electrons. The Morgan fingerprint density at radius 3 is 2.67 bits per heavy atom. The van der Waals surface area contributed by atoms with Crippen molar-refractivity contribution in [3.8, 4) is 0 Å². The van der Waals surface area contributed by atoms with E-state index < -0.39 is 0 Å². The van der Waals surface area contributed by atoms with E-state index in [1.807, 2.05) is 16.7 Å². The molecule has 2 aliphatic heterocycles. The third kappa shape index (κ3) is 2.88. The lowest BCUT2D eigenvalue weighted by atomic mass is 10.0. The molecule has 2 aliphatic rings. The third-order valence-electron chi connectivity index (χ3n) is 3.37. The number of thioether (sulfide) groups is 1. The van der Waals surface area contributed by atoms with Gasteiger partial charge in [-0.2, -0.15) is 11.8 Å². The first kappa shape index (κ1) is 11.3. The number of hydrogen-bond donors (Lipinski definition) is 1. The summed E-state index contributed by atoms with van der Waals surface area (Å²) in [5, 5.41) is 9.03. The van der Waals surface area contributed by atoms with Crippen LogP contribution in [0.25, 0.3) is 0 Å². The van der Waals surface area contributed by atoms with Crippen LogP contribution in [0.4, 0.5) is 0 Å². The van der Waals surface area contributed by atoms with Crippen LogP contribution in [0, 0.1) is 11.8 Å². The predicted octanol–water partition coefficient (Wildman–Crippen LogP) is 0.970. The number of likely N-dealkylation sites (tertiary alicyclic amines) is 1. The van der Waals surface area contributed by atoms with Crippen LogP contribution in [0.2, 0.25) is 0 Å². The molecule has 1 atom stereocenters. The predicted molar refractivity (Wildman–Crippen MR) is 61.8 cm³/mol. The monoisotopic (exact) mass is 229 g/mol. The summed E-state index contributed by atoms with van der Waals surface area (Å²) in [6, 6.07) is 0. The summed E-state index contributed by atoms with van der Waals surface area (Å²) in [6.45, 7) is 1.86. The minimum absolute atomic E-state index is 0.156. The number of carbonyl (C=O) groups excluding carboxylic acids is 1. The van der Waals surface area contributed by atoms with Crippen LogP contribution in [0.5, 0.6) is 0 Å². The molecule has 86 valence electrons. The molecule has 1 unspecified atom stereocenters. The number of hydrogen-bond acceptors (Lipinski definition) is 3. The number of amides is 1. The fourth-order valence-corrected chi connectivity index (χ4v) is 3.60. The molecule has 2 rings (SSSR count). The van der Waals surface area contributed by atoms with E-state index in [2.05, 4.69) is 0 Å². The van der Waals surface area contributed by atoms with Crippen molar-refractivity contribution in [3.05, 3.63) is 0 Å². The molecule has 1 N–H and O–H groups in total. The second-order valence-corrected chi connectivity index (χ2v) is 5.83. The quantitative estimate of drug-likeness (QED) is 0.784. The van der Waals surface area contributed by atoms with Gasteiger partial charge in [-0.05, 0) is 30.3 Å². The molecule has 0 aromatic carbocycles. The van der Waals surface area contributed by atoms with Crippen LogP contribution in [0.1, 0.15) is 19.3 Å². The molecule has 2 saturated heterocycles. The van der Waals surface area contributed by atoms with Crippen LogP contribution >= 0.6 is 11.8 Å². The van der Waals surface area contributed by atoms with Crippen LogP contribution in [-0.4, -0.2) is 47.1 Å². The maximum absolute atomic E-state index is 11.6. The molecule has 3 nitrogen and oxygen atoms in total. The highest BCUT2D eigenvalue weighted by atomic mass is 32.2. The second kappa shape index (κ2) is 5.21. The lowest BCUT2D eigenvalue weighted by Crippen LogP contribution is -2.32. The van der Waals surface area contributed by atoms with E-state index in [9.17, 15) is 4.79 Å². The van der Waals surface area contributed by atoms with Gasteiger partial charge < -0.3 is 10.0 Å². The normalized spacial score (nSPS) is 28.7. The summed E-state index contributed by atoms with van der Waals surface area (Å²) in [7, 11) is 0. The zero-order valence-corrected chi connectivity index (χ0v) is 9.84. The van der Waals surface area contributed by atoms with Gasteiger partial charge in [0.1, 0.15) is 0 Å². The SMILES string of the molecule is O=C1CC(CO)CN1CC1CCSCC1. The number of rotatable bonds is 3. The van der Waals surface area contributed by atoms with E-state index in [4.69, 9.17) is 5.11 Å². The third-order valence-corrected chi connectivity index (χ3v) is 4.42. The van der Waals surface area contributed by atoms with Crippen LogP contribution in [0.15, 0.2) is 0 Å². The summed E-state index contributed by atoms with van der Waals surface area (Å²) in [5.41, 5.74) is 0. The van der Waals surface area contributed by atoms with Crippen molar-refractivity contribution in [1.82, 2.24) is 4.90 Å². The number of aliphatic hydroxyl groups is 1. The largest absolute Gasteiger partial charge is 0.396 e. The number of nitrogens with zero attached hydrogens (tertiary/aromatic N) is 1. The van der Waals surface area contributed by atoms with Gasteiger partial charge in [0.25, 0.3) is 0 Å². The molecule has 0 spiro atoms. The van der Waals surface area contributed by atoms with Gasteiger partial charge in [-0.3, -0.25) is 4.79 Å². The van der Waals surface area contributed by atoms with Gasteiger partial charge in [0, 0.05) is 32.0 Å². The Bertz CT molecular complexity index is 229. The topological polar surface area (TPSA) is 40.5 Å². The molecule has 2 fully saturated rings. The van der Waals surface area contributed by atoms with E-state index >= 15 is 0 Å². The Morgan fingerprint density at radius 1 is 1.33 bits per heavy atom. The summed E-state index contributed by atoms with van der Waals surface area (Å²) >= 11 is 2.02. The lowest BCUT2D eigenvalue weighted by molar-refractivity contribution is -0.128. The molecule has 15 heavy (non-hydrogen) atoms. The average Bonchev–Trinajstić information content (AvgIpc) is 2.61. The molecule has 2 heterocycles. The first-order chi connectivity index (χ1) is 7.29. The smallest absolute Gasteiger partial charge is 0.223 e. The first-order valence-electron chi connectivity index (χ1n) is 5.76. The van der Waals surface area contributed by atoms with Crippen molar-refractivity contribution < 1.29 is 9.90 Å². The van der Waals surface area contributed by atoms with Gasteiger partial charge in [-0.15, -0.1) is 0 Å². The highest BCUT2D eigenvalue weighted by Crippen LogP contribution is 2.26. The Balaban J connectivity index is 1.81. The van der Waals surface area contributed by atoms with E-state index in [-0.39, 0.29) is 18.4 Å². The summed E-state index contributed by atoms with van der Waals surface area (Å²) in [6.07, 6.45) is 3.05. The molecule has 0 aliphatic carbocycles. The van der Waals surface area contributed by atoms with Gasteiger partial charge in [-0.25, -0.2) is 0 Å². The van der Waals surface area contributed by atoms with Crippen LogP contribution < -0.4 is 0 Å². The summed E-state index contributed by atoms with van der Waals surface area (Å²) < 4.78 is 0. The van der Waals surface area contributed by atoms with Crippen molar-refractivity contribution in [1.29, 1.82) is 0 Å². The van der Waals surface area contributed by atoms with E-state index in [1.165, 1.54) is 24.3 Å². The standard InChI is InChI=1S/C11H19NO2S/c13-8-10-5-11(14)12(7-10)6-9-1-3-15-4-2-9/h9-10,13H,1-8H2. The van der Waals surface area contributed by atoms with Gasteiger partial charge in [0.05, 0.1) is 0 Å². The van der Waals surface area contributed by atoms with Gasteiger partial charge >= 0.3 is 0 Å². The van der Waals surface area contributed by atoms with Crippen molar-refractivity contribution in [2.24, 2.45) is 11.8 Å². The number of aliphatic hydroxyl groups excluding tert-OH is 1. The van der Waals surface area contributed by atoms with E-state index in [1.54, 1.807) is 0 Å². The molecule has 0 bridgehead atoms. The van der Waals surface area contributed by atoms with E-state index in [0.29, 0.717) is 12.3 Å². The molecular formula is C11H19NO2S. The zero-order valence-electron chi connectivity index (χ0n) is 9.02. The summed E-state index contributed by atoms with van der Waals surface area (Å²) in [5.74, 6) is 3.63. The van der Waals surface area contributed by atoms with Gasteiger partial charge in [-0.1, -0.05) is 0 Å². The molecule has 1 amide bonds. The van der Waals surface area contributed by atoms with Crippen molar-refractivity contribution in [3.63, 3.8) is 0 Å². The van der Waals surface area contributed by atoms with Crippen molar-refractivity contribution in [2.45, 2.75) is 19.3 Å². The fraction of sp³-hybridized carbons (Fsp3) is 0.909. The molecule has 0 aromatic rings. The average molecular weight is 229 g/mol. The van der Waals surface area contributed by atoms with Gasteiger partial charge in [0.15, 0.2) is 0 Å². The lowest BCUT2D eigenvalue weighted by Gasteiger charge is -2.26. The van der Waals surface area contributed by atoms with Crippen LogP contribution in [0.3, 0.4) is 0 Å². The highest BCUT2D eigenvalue weighted by Gasteiger charge is 2.30. The van der Waals surface area contributed by atoms with Crippen molar-refractivity contribution in [2.75, 3.05) is 31.2 Å². The minimum Gasteiger partial charge on any atom is -0.396 e. The van der Waals surface area contributed by atoms with Crippen molar-refractivity contribution >= 4 is 17.7 Å². The molecule has 4 heteroatoms. The Kier molecular flexibility index (Phi) is 3.92. The number of carbonyl (C=O) groups is 1. The summed E-state index contributed by atoms with van der Waals surface area (Å²) in [4.78, 5) is 13.6. The molecule has 0 aromatic heterocycles. The molecular weight excluding hydrogens is 210 g/mol. The Morgan fingerprint density at radius 2 is 2.07 bits per heavy atom. The Hall–Kier alpha value is -0.220. The van der Waals surface area contributed by atoms with Gasteiger partial charge in [0.2, 0.25) is 5.91 Å². The van der Waals surface area contributed by atoms with Crippen LogP contribution in [-0.2, 0) is 4.79 Å². The Labute approximate surface area is 95.2 Å². The minimum atomic E-state index is 0.156. The fourth-order valence-electron chi connectivity index (χ4n) is 2.39. The van der Waals surface area contributed by atoms with E-state index in [0.717, 1.165) is 13.1 Å².